The minimum absolute atomic E-state index is 0.250. The largest absolute Gasteiger partial charge is 0.466 e. The number of halogens is 1. The van der Waals surface area contributed by atoms with Gasteiger partial charge in [0, 0.05) is 31.7 Å². The number of carbonyl (C=O) groups excluding carboxylic acids is 2. The van der Waals surface area contributed by atoms with E-state index < -0.39 is 11.7 Å². The molecule has 0 aromatic heterocycles. The number of nitrogens with zero attached hydrogens (tertiary/aromatic N) is 3. The minimum Gasteiger partial charge on any atom is -0.466 e. The van der Waals surface area contributed by atoms with Crippen molar-refractivity contribution in [3.8, 4) is 0 Å². The SMILES string of the molecule is CCOC(=O)CCc1cccc(C(=Nc2ccc(CN(C)CCN(C)C)cc2)C2C(=O)Nc3cc(F)ccc32)c1. The van der Waals surface area contributed by atoms with Gasteiger partial charge in [0.05, 0.1) is 18.0 Å². The first-order valence-corrected chi connectivity index (χ1v) is 13.6. The maximum Gasteiger partial charge on any atom is 0.306 e. The molecular weight excluding hydrogens is 507 g/mol. The van der Waals surface area contributed by atoms with Crippen molar-refractivity contribution in [1.82, 2.24) is 9.80 Å². The van der Waals surface area contributed by atoms with E-state index in [-0.39, 0.29) is 18.3 Å². The second-order valence-corrected chi connectivity index (χ2v) is 10.4. The number of carbonyl (C=O) groups is 2. The number of amides is 1. The van der Waals surface area contributed by atoms with Crippen molar-refractivity contribution in [3.63, 3.8) is 0 Å². The number of benzene rings is 3. The molecule has 8 heteroatoms. The van der Waals surface area contributed by atoms with E-state index in [9.17, 15) is 14.0 Å². The van der Waals surface area contributed by atoms with Crippen molar-refractivity contribution in [3.05, 3.63) is 94.8 Å². The van der Waals surface area contributed by atoms with Crippen LogP contribution in [0.3, 0.4) is 0 Å². The van der Waals surface area contributed by atoms with Crippen LogP contribution in [0.5, 0.6) is 0 Å². The maximum atomic E-state index is 13.9. The summed E-state index contributed by atoms with van der Waals surface area (Å²) in [6.07, 6.45) is 0.773. The lowest BCUT2D eigenvalue weighted by Crippen LogP contribution is -2.28. The number of aliphatic imine (C=N–C) groups is 1. The van der Waals surface area contributed by atoms with Gasteiger partial charge in [0.25, 0.3) is 0 Å². The molecular formula is C32H37FN4O3. The van der Waals surface area contributed by atoms with Crippen LogP contribution in [0.2, 0.25) is 0 Å². The van der Waals surface area contributed by atoms with Crippen LogP contribution < -0.4 is 5.32 Å². The zero-order valence-corrected chi connectivity index (χ0v) is 23.6. The Bertz CT molecular complexity index is 1370. The summed E-state index contributed by atoms with van der Waals surface area (Å²) in [6, 6.07) is 20.1. The molecule has 3 aromatic carbocycles. The fourth-order valence-electron chi connectivity index (χ4n) is 4.74. The first kappa shape index (κ1) is 29.1. The standard InChI is InChI=1S/C32H37FN4O3/c1-5-40-29(38)16-11-22-7-6-8-24(19-22)31(30-27-15-12-25(33)20-28(27)35-32(30)39)34-26-13-9-23(10-14-26)21-37(4)18-17-36(2)3/h6-10,12-15,19-20,30H,5,11,16-18,21H2,1-4H3,(H,35,39). The molecule has 1 N–H and O–H groups in total. The molecule has 0 saturated carbocycles. The molecule has 0 saturated heterocycles. The first-order valence-electron chi connectivity index (χ1n) is 13.6. The lowest BCUT2D eigenvalue weighted by molar-refractivity contribution is -0.143. The molecule has 0 spiro atoms. The average Bonchev–Trinajstić information content (AvgIpc) is 3.25. The van der Waals surface area contributed by atoms with Crippen molar-refractivity contribution < 1.29 is 18.7 Å². The molecule has 3 aromatic rings. The van der Waals surface area contributed by atoms with E-state index in [0.29, 0.717) is 30.0 Å². The molecule has 210 valence electrons. The quantitative estimate of drug-likeness (QED) is 0.252. The van der Waals surface area contributed by atoms with Gasteiger partial charge in [-0.25, -0.2) is 4.39 Å². The second-order valence-electron chi connectivity index (χ2n) is 10.4. The van der Waals surface area contributed by atoms with Gasteiger partial charge in [-0.2, -0.15) is 0 Å². The van der Waals surface area contributed by atoms with Gasteiger partial charge in [-0.3, -0.25) is 14.6 Å². The third-order valence-electron chi connectivity index (χ3n) is 6.83. The smallest absolute Gasteiger partial charge is 0.306 e. The number of rotatable bonds is 12. The lowest BCUT2D eigenvalue weighted by Gasteiger charge is -2.19. The van der Waals surface area contributed by atoms with E-state index in [2.05, 4.69) is 48.4 Å². The Balaban J connectivity index is 1.65. The zero-order chi connectivity index (χ0) is 28.6. The van der Waals surface area contributed by atoms with Crippen molar-refractivity contribution in [2.24, 2.45) is 4.99 Å². The molecule has 4 rings (SSSR count). The van der Waals surface area contributed by atoms with Crippen LogP contribution in [0.1, 0.15) is 41.5 Å². The Labute approximate surface area is 235 Å². The molecule has 1 atom stereocenters. The molecule has 0 radical (unpaired) electrons. The van der Waals surface area contributed by atoms with Crippen LogP contribution in [0.15, 0.2) is 71.7 Å². The maximum absolute atomic E-state index is 13.9. The van der Waals surface area contributed by atoms with E-state index in [0.717, 1.165) is 36.4 Å². The highest BCUT2D eigenvalue weighted by atomic mass is 19.1. The van der Waals surface area contributed by atoms with Crippen molar-refractivity contribution in [2.75, 3.05) is 46.2 Å². The minimum atomic E-state index is -0.701. The van der Waals surface area contributed by atoms with Crippen LogP contribution >= 0.6 is 0 Å². The Hall–Kier alpha value is -3.88. The average molecular weight is 545 g/mol. The third-order valence-corrected chi connectivity index (χ3v) is 6.83. The lowest BCUT2D eigenvalue weighted by atomic mass is 9.89. The van der Waals surface area contributed by atoms with E-state index in [1.54, 1.807) is 13.0 Å². The Kier molecular flexibility index (Phi) is 9.79. The van der Waals surface area contributed by atoms with E-state index in [4.69, 9.17) is 9.73 Å². The summed E-state index contributed by atoms with van der Waals surface area (Å²) >= 11 is 0. The summed E-state index contributed by atoms with van der Waals surface area (Å²) in [5.74, 6) is -1.62. The highest BCUT2D eigenvalue weighted by Gasteiger charge is 2.35. The third kappa shape index (κ3) is 7.61. The number of fused-ring (bicyclic) bond motifs is 1. The molecule has 0 aliphatic carbocycles. The number of esters is 1. The Morgan fingerprint density at radius 1 is 1.00 bits per heavy atom. The normalized spacial score (nSPS) is 14.9. The van der Waals surface area contributed by atoms with Crippen LogP contribution in [-0.2, 0) is 27.3 Å². The van der Waals surface area contributed by atoms with Crippen LogP contribution in [-0.4, -0.2) is 68.2 Å². The van der Waals surface area contributed by atoms with Crippen molar-refractivity contribution >= 4 is 29.0 Å². The van der Waals surface area contributed by atoms with Crippen LogP contribution in [0.4, 0.5) is 15.8 Å². The van der Waals surface area contributed by atoms with Gasteiger partial charge in [-0.15, -0.1) is 0 Å². The number of anilines is 1. The number of nitrogens with one attached hydrogen (secondary N) is 1. The fraction of sp³-hybridized carbons (Fsp3) is 0.344. The van der Waals surface area contributed by atoms with E-state index >= 15 is 0 Å². The predicted molar refractivity (Wildman–Crippen MR) is 157 cm³/mol. The van der Waals surface area contributed by atoms with Gasteiger partial charge in [0.1, 0.15) is 11.7 Å². The molecule has 1 aliphatic heterocycles. The van der Waals surface area contributed by atoms with E-state index in [1.165, 1.54) is 17.7 Å². The van der Waals surface area contributed by atoms with Gasteiger partial charge >= 0.3 is 5.97 Å². The number of likely N-dealkylation sites (N-methyl/N-ethyl adjacent to an activating group) is 2. The summed E-state index contributed by atoms with van der Waals surface area (Å²) in [5, 5.41) is 2.81. The Morgan fingerprint density at radius 3 is 2.50 bits per heavy atom. The summed E-state index contributed by atoms with van der Waals surface area (Å²) < 4.78 is 19.0. The molecule has 40 heavy (non-hydrogen) atoms. The Morgan fingerprint density at radius 2 is 1.77 bits per heavy atom. The molecule has 0 fully saturated rings. The summed E-state index contributed by atoms with van der Waals surface area (Å²) in [5.41, 5.74) is 5.30. The van der Waals surface area contributed by atoms with Gasteiger partial charge in [-0.05, 0) is 87.1 Å². The van der Waals surface area contributed by atoms with Gasteiger partial charge in [0.2, 0.25) is 5.91 Å². The number of aryl methyl sites for hydroxylation is 1. The van der Waals surface area contributed by atoms with E-state index in [1.807, 2.05) is 36.4 Å². The first-order chi connectivity index (χ1) is 19.2. The number of hydrogen-bond acceptors (Lipinski definition) is 6. The number of hydrogen-bond donors (Lipinski definition) is 1. The predicted octanol–water partition coefficient (Wildman–Crippen LogP) is 5.17. The van der Waals surface area contributed by atoms with Gasteiger partial charge in [-0.1, -0.05) is 36.4 Å². The fourth-order valence-corrected chi connectivity index (χ4v) is 4.74. The van der Waals surface area contributed by atoms with Crippen molar-refractivity contribution in [2.45, 2.75) is 32.2 Å². The van der Waals surface area contributed by atoms with Crippen LogP contribution in [0.25, 0.3) is 0 Å². The molecule has 1 heterocycles. The highest BCUT2D eigenvalue weighted by Crippen LogP contribution is 2.37. The molecule has 1 amide bonds. The summed E-state index contributed by atoms with van der Waals surface area (Å²) in [4.78, 5) is 34.5. The molecule has 7 nitrogen and oxygen atoms in total. The molecule has 1 unspecified atom stereocenters. The highest BCUT2D eigenvalue weighted by molar-refractivity contribution is 6.24. The molecule has 1 aliphatic rings. The monoisotopic (exact) mass is 544 g/mol. The van der Waals surface area contributed by atoms with Gasteiger partial charge < -0.3 is 19.9 Å². The number of ether oxygens (including phenoxy) is 1. The summed E-state index contributed by atoms with van der Waals surface area (Å²) in [7, 11) is 6.23. The van der Waals surface area contributed by atoms with Crippen molar-refractivity contribution in [1.29, 1.82) is 0 Å². The van der Waals surface area contributed by atoms with Crippen LogP contribution in [0, 0.1) is 5.82 Å². The summed E-state index contributed by atoms with van der Waals surface area (Å²) in [6.45, 7) is 4.89. The topological polar surface area (TPSA) is 74.2 Å². The zero-order valence-electron chi connectivity index (χ0n) is 23.6. The second kappa shape index (κ2) is 13.5. The van der Waals surface area contributed by atoms with Gasteiger partial charge in [0.15, 0.2) is 0 Å². The molecule has 0 bridgehead atoms.